The second-order valence-electron chi connectivity index (χ2n) is 14.8. The van der Waals surface area contributed by atoms with Gasteiger partial charge in [0.2, 0.25) is 0 Å². The zero-order chi connectivity index (χ0) is 41.2. The summed E-state index contributed by atoms with van der Waals surface area (Å²) in [4.78, 5) is 0. The number of benzene rings is 7. The number of allylic oxidation sites excluding steroid dienone is 1. The largest absolute Gasteiger partial charge is 0.456 e. The number of aromatic nitrogens is 2. The number of rotatable bonds is 7. The van der Waals surface area contributed by atoms with Gasteiger partial charge in [-0.3, -0.25) is 0 Å². The summed E-state index contributed by atoms with van der Waals surface area (Å²) in [6, 6.07) is 56.6. The average molecular weight is 777 g/mol. The molecular formula is C55H44N4O. The molecule has 0 atom stereocenters. The highest BCUT2D eigenvalue weighted by Gasteiger charge is 2.22. The lowest BCUT2D eigenvalue weighted by molar-refractivity contribution is 0.669. The lowest BCUT2D eigenvalue weighted by atomic mass is 9.92. The number of hydrazone groups is 1. The van der Waals surface area contributed by atoms with E-state index in [2.05, 4.69) is 161 Å². The summed E-state index contributed by atoms with van der Waals surface area (Å²) in [5.74, 6) is 8.64. The summed E-state index contributed by atoms with van der Waals surface area (Å²) >= 11 is 0. The van der Waals surface area contributed by atoms with Crippen molar-refractivity contribution in [3.05, 3.63) is 204 Å². The quantitative estimate of drug-likeness (QED) is 0.0758. The number of nitrogens with two attached hydrogens (primary N) is 1. The summed E-state index contributed by atoms with van der Waals surface area (Å²) in [5.41, 5.74) is 11.4. The molecule has 10 aromatic rings. The van der Waals surface area contributed by atoms with Crippen LogP contribution in [0, 0.1) is 12.3 Å². The Morgan fingerprint density at radius 1 is 0.700 bits per heavy atom. The first-order valence-corrected chi connectivity index (χ1v) is 20.3. The van der Waals surface area contributed by atoms with Crippen LogP contribution in [0.2, 0.25) is 0 Å². The van der Waals surface area contributed by atoms with E-state index in [0.717, 1.165) is 83.7 Å². The van der Waals surface area contributed by atoms with E-state index in [1.54, 1.807) is 0 Å². The summed E-state index contributed by atoms with van der Waals surface area (Å²) in [6.07, 6.45) is 12.8. The maximum absolute atomic E-state index is 6.39. The van der Waals surface area contributed by atoms with Gasteiger partial charge in [-0.05, 0) is 84.6 Å². The lowest BCUT2D eigenvalue weighted by Crippen LogP contribution is -2.28. The monoisotopic (exact) mass is 776 g/mol. The fourth-order valence-electron chi connectivity index (χ4n) is 8.57. The van der Waals surface area contributed by atoms with Crippen molar-refractivity contribution in [2.45, 2.75) is 26.2 Å². The van der Waals surface area contributed by atoms with E-state index in [0.29, 0.717) is 0 Å². The van der Waals surface area contributed by atoms with Crippen LogP contribution >= 0.6 is 0 Å². The Hall–Kier alpha value is -7.81. The number of para-hydroxylation sites is 2. The summed E-state index contributed by atoms with van der Waals surface area (Å²) in [5, 5.41) is 12.0. The van der Waals surface area contributed by atoms with Gasteiger partial charge in [-0.15, -0.1) is 6.42 Å². The van der Waals surface area contributed by atoms with Crippen molar-refractivity contribution in [1.29, 1.82) is 0 Å². The fourth-order valence-corrected chi connectivity index (χ4v) is 8.57. The van der Waals surface area contributed by atoms with Crippen LogP contribution in [0.1, 0.15) is 42.9 Å². The van der Waals surface area contributed by atoms with E-state index in [9.17, 15) is 0 Å². The average Bonchev–Trinajstić information content (AvgIpc) is 3.94. The minimum Gasteiger partial charge on any atom is -0.456 e. The number of terminal acetylenes is 1. The van der Waals surface area contributed by atoms with Crippen molar-refractivity contribution in [2.24, 2.45) is 10.9 Å². The molecule has 3 aromatic heterocycles. The van der Waals surface area contributed by atoms with Gasteiger partial charge in [0.25, 0.3) is 0 Å². The van der Waals surface area contributed by atoms with Gasteiger partial charge in [-0.1, -0.05) is 147 Å². The molecule has 60 heavy (non-hydrogen) atoms. The van der Waals surface area contributed by atoms with Gasteiger partial charge >= 0.3 is 0 Å². The molecule has 0 aliphatic heterocycles. The molecule has 3 heterocycles. The topological polar surface area (TPSA) is 61.4 Å². The lowest BCUT2D eigenvalue weighted by Gasteiger charge is -2.11. The molecule has 290 valence electrons. The molecule has 0 spiro atoms. The van der Waals surface area contributed by atoms with E-state index in [1.807, 2.05) is 61.5 Å². The van der Waals surface area contributed by atoms with Crippen LogP contribution < -0.4 is 16.4 Å². The van der Waals surface area contributed by atoms with Crippen molar-refractivity contribution in [2.75, 3.05) is 0 Å². The normalized spacial score (nSPS) is 12.5. The van der Waals surface area contributed by atoms with E-state index in [4.69, 9.17) is 16.7 Å². The Morgan fingerprint density at radius 2 is 1.37 bits per heavy atom. The van der Waals surface area contributed by atoms with Gasteiger partial charge in [0.05, 0.1) is 33.5 Å². The van der Waals surface area contributed by atoms with E-state index < -0.39 is 0 Å². The molecule has 5 nitrogen and oxygen atoms in total. The molecule has 0 radical (unpaired) electrons. The van der Waals surface area contributed by atoms with Crippen molar-refractivity contribution in [3.8, 4) is 23.7 Å². The second-order valence-corrected chi connectivity index (χ2v) is 14.8. The Bertz CT molecular complexity index is 3360. The fraction of sp³-hybridized carbons (Fsp3) is 0.0727. The van der Waals surface area contributed by atoms with E-state index in [-0.39, 0.29) is 5.92 Å². The van der Waals surface area contributed by atoms with Crippen LogP contribution in [0.3, 0.4) is 0 Å². The number of hydrogen-bond acceptors (Lipinski definition) is 3. The minimum atomic E-state index is 0.0624. The van der Waals surface area contributed by atoms with Gasteiger partial charge in [-0.25, -0.2) is 0 Å². The third-order valence-corrected chi connectivity index (χ3v) is 11.3. The molecule has 7 aromatic carbocycles. The van der Waals surface area contributed by atoms with Gasteiger partial charge < -0.3 is 19.4 Å². The highest BCUT2D eigenvalue weighted by Crippen LogP contribution is 2.40. The van der Waals surface area contributed by atoms with Gasteiger partial charge in [-0.2, -0.15) is 5.10 Å². The third-order valence-electron chi connectivity index (χ3n) is 11.3. The number of furan rings is 1. The summed E-state index contributed by atoms with van der Waals surface area (Å²) in [7, 11) is 0. The Kier molecular flexibility index (Phi) is 10.2. The van der Waals surface area contributed by atoms with E-state index >= 15 is 0 Å². The predicted octanol–water partition coefficient (Wildman–Crippen LogP) is 11.9. The smallest absolute Gasteiger partial charge is 0.136 e. The predicted molar refractivity (Wildman–Crippen MR) is 254 cm³/mol. The van der Waals surface area contributed by atoms with Crippen LogP contribution in [0.5, 0.6) is 0 Å². The molecule has 5 heteroatoms. The first-order valence-electron chi connectivity index (χ1n) is 20.3. The molecule has 0 unspecified atom stereocenters. The van der Waals surface area contributed by atoms with Gasteiger partial charge in [0, 0.05) is 43.5 Å². The summed E-state index contributed by atoms with van der Waals surface area (Å²) in [6.45, 7) is 8.22. The molecule has 2 N–H and O–H groups in total. The summed E-state index contributed by atoms with van der Waals surface area (Å²) < 4.78 is 11.1. The highest BCUT2D eigenvalue weighted by molar-refractivity contribution is 6.22. The van der Waals surface area contributed by atoms with Crippen LogP contribution in [0.15, 0.2) is 186 Å². The molecule has 0 fully saturated rings. The molecular weight excluding hydrogens is 733 g/mol. The molecule has 0 saturated carbocycles. The Labute approximate surface area is 349 Å². The van der Waals surface area contributed by atoms with Crippen molar-refractivity contribution in [3.63, 3.8) is 0 Å². The van der Waals surface area contributed by atoms with Crippen LogP contribution in [0.25, 0.3) is 78.2 Å². The van der Waals surface area contributed by atoms with Crippen LogP contribution in [0.4, 0.5) is 0 Å². The molecule has 0 saturated heterocycles. The van der Waals surface area contributed by atoms with Crippen molar-refractivity contribution < 1.29 is 4.42 Å². The maximum Gasteiger partial charge on any atom is 0.136 e. The van der Waals surface area contributed by atoms with Crippen LogP contribution in [-0.2, 0) is 0 Å². The SMILES string of the molecule is C#CC(c1ccccc1)c1ccccc1.C=C/C=c1\c(=C/CC)c2c(ccc3c4cc5oc6ccccc6c5cc4n(-c4cccc(/C(C)=N/N)c4)c32)n1-c1ccccc1. The molecule has 10 rings (SSSR count). The number of hydrogen-bond donors (Lipinski definition) is 1. The third kappa shape index (κ3) is 6.55. The zero-order valence-electron chi connectivity index (χ0n) is 33.7. The Morgan fingerprint density at radius 3 is 2.03 bits per heavy atom. The number of nitrogens with zero attached hydrogens (tertiary/aromatic N) is 3. The maximum atomic E-state index is 6.39. The standard InChI is InChI=1S/C40H32N4O.C15H12/c1-4-12-31-34(13-5-2)43(27-15-7-6-8-16-27)35-21-20-30-32-24-38-33(29-18-9-10-19-37(29)45-38)23-36(32)44(40(30)39(31)35)28-17-11-14-26(22-28)25(3)42-41;1-2-15(13-9-5-3-6-10-13)14-11-7-4-8-12-14/h5-24H,2,4,41H2,1,3H3;1,3-12,15H/b31-12+,34-13+,42-25+;. The second kappa shape index (κ2) is 16.2. The van der Waals surface area contributed by atoms with Gasteiger partial charge in [0.15, 0.2) is 0 Å². The van der Waals surface area contributed by atoms with Crippen LogP contribution in [-0.4, -0.2) is 14.8 Å². The number of fused-ring (bicyclic) bond motifs is 8. The molecule has 0 aliphatic rings. The first kappa shape index (κ1) is 37.7. The van der Waals surface area contributed by atoms with Crippen molar-refractivity contribution >= 4 is 72.5 Å². The molecule has 0 amide bonds. The first-order chi connectivity index (χ1) is 29.5. The molecule has 0 aliphatic carbocycles. The Balaban J connectivity index is 0.000000260. The van der Waals surface area contributed by atoms with E-state index in [1.165, 1.54) is 21.7 Å². The van der Waals surface area contributed by atoms with Gasteiger partial charge in [0.1, 0.15) is 11.2 Å². The molecule has 0 bridgehead atoms. The highest BCUT2D eigenvalue weighted by atomic mass is 16.3. The van der Waals surface area contributed by atoms with Crippen molar-refractivity contribution in [1.82, 2.24) is 9.13 Å². The minimum absolute atomic E-state index is 0.0624. The zero-order valence-corrected chi connectivity index (χ0v) is 33.7.